The van der Waals surface area contributed by atoms with E-state index in [1.807, 2.05) is 23.9 Å². The average molecular weight is 551 g/mol. The Bertz CT molecular complexity index is 920. The molecule has 1 heterocycles. The molecule has 0 radical (unpaired) electrons. The number of nitro groups is 1. The molecule has 30 heavy (non-hydrogen) atoms. The number of aromatic nitrogens is 2. The molecule has 0 spiro atoms. The van der Waals surface area contributed by atoms with Gasteiger partial charge in [0, 0.05) is 57.3 Å². The SMILES string of the molecule is CCNC(=NCCCn1cccn1)NCCNS(=O)(=O)c1cccc([N+](=O)[O-])c1.I. The summed E-state index contributed by atoms with van der Waals surface area (Å²) < 4.78 is 28.8. The number of aliphatic imine (C=N–C) groups is 1. The number of non-ortho nitro benzene ring substituents is 1. The summed E-state index contributed by atoms with van der Waals surface area (Å²) in [6.45, 7) is 4.37. The molecule has 0 aliphatic carbocycles. The van der Waals surface area contributed by atoms with Gasteiger partial charge in [0.15, 0.2) is 5.96 Å². The van der Waals surface area contributed by atoms with Crippen LogP contribution in [0.3, 0.4) is 0 Å². The van der Waals surface area contributed by atoms with E-state index < -0.39 is 14.9 Å². The van der Waals surface area contributed by atoms with E-state index >= 15 is 0 Å². The van der Waals surface area contributed by atoms with Crippen molar-refractivity contribution in [1.82, 2.24) is 25.1 Å². The van der Waals surface area contributed by atoms with Gasteiger partial charge in [-0.3, -0.25) is 19.8 Å². The molecule has 1 aromatic carbocycles. The molecule has 0 aliphatic rings. The van der Waals surface area contributed by atoms with Gasteiger partial charge in [-0.25, -0.2) is 13.1 Å². The van der Waals surface area contributed by atoms with Gasteiger partial charge >= 0.3 is 0 Å². The predicted molar refractivity (Wildman–Crippen MR) is 125 cm³/mol. The number of rotatable bonds is 11. The van der Waals surface area contributed by atoms with Gasteiger partial charge in [-0.15, -0.1) is 24.0 Å². The number of hydrogen-bond acceptors (Lipinski definition) is 6. The third-order valence-corrected chi connectivity index (χ3v) is 5.23. The fourth-order valence-electron chi connectivity index (χ4n) is 2.41. The zero-order chi connectivity index (χ0) is 21.1. The van der Waals surface area contributed by atoms with Crippen molar-refractivity contribution in [2.75, 3.05) is 26.2 Å². The maximum absolute atomic E-state index is 12.3. The number of halogens is 1. The Morgan fingerprint density at radius 1 is 1.27 bits per heavy atom. The summed E-state index contributed by atoms with van der Waals surface area (Å²) in [5.41, 5.74) is -0.275. The van der Waals surface area contributed by atoms with Crippen molar-refractivity contribution in [3.05, 3.63) is 52.8 Å². The number of nitrogens with zero attached hydrogens (tertiary/aromatic N) is 4. The second-order valence-electron chi connectivity index (χ2n) is 5.96. The minimum absolute atomic E-state index is 0. The average Bonchev–Trinajstić information content (AvgIpc) is 3.22. The van der Waals surface area contributed by atoms with Crippen molar-refractivity contribution in [3.63, 3.8) is 0 Å². The molecular weight excluding hydrogens is 525 g/mol. The lowest BCUT2D eigenvalue weighted by atomic mass is 10.3. The Hall–Kier alpha value is -2.26. The van der Waals surface area contributed by atoms with Crippen LogP contribution >= 0.6 is 24.0 Å². The van der Waals surface area contributed by atoms with Crippen LogP contribution in [0.4, 0.5) is 5.69 Å². The Balaban J connectivity index is 0.00000450. The zero-order valence-electron chi connectivity index (χ0n) is 16.5. The van der Waals surface area contributed by atoms with Crippen molar-refractivity contribution < 1.29 is 13.3 Å². The normalized spacial score (nSPS) is 11.6. The number of hydrogen-bond donors (Lipinski definition) is 3. The minimum atomic E-state index is -3.84. The fraction of sp³-hybridized carbons (Fsp3) is 0.412. The van der Waals surface area contributed by atoms with Gasteiger partial charge in [0.25, 0.3) is 5.69 Å². The van der Waals surface area contributed by atoms with Crippen molar-refractivity contribution in [1.29, 1.82) is 0 Å². The lowest BCUT2D eigenvalue weighted by molar-refractivity contribution is -0.385. The van der Waals surface area contributed by atoms with Gasteiger partial charge in [0.2, 0.25) is 10.0 Å². The molecule has 0 saturated heterocycles. The molecule has 0 bridgehead atoms. The molecule has 0 amide bonds. The summed E-state index contributed by atoms with van der Waals surface area (Å²) in [6.07, 6.45) is 4.43. The Labute approximate surface area is 192 Å². The number of sulfonamides is 1. The minimum Gasteiger partial charge on any atom is -0.357 e. The summed E-state index contributed by atoms with van der Waals surface area (Å²) in [5, 5.41) is 21.1. The molecule has 0 unspecified atom stereocenters. The number of aryl methyl sites for hydroxylation is 1. The molecule has 166 valence electrons. The van der Waals surface area contributed by atoms with E-state index in [1.54, 1.807) is 6.20 Å². The van der Waals surface area contributed by atoms with Crippen LogP contribution < -0.4 is 15.4 Å². The first-order valence-electron chi connectivity index (χ1n) is 9.16. The van der Waals surface area contributed by atoms with E-state index in [-0.39, 0.29) is 41.1 Å². The van der Waals surface area contributed by atoms with Crippen LogP contribution in [-0.2, 0) is 16.6 Å². The van der Waals surface area contributed by atoms with Crippen molar-refractivity contribution in [3.8, 4) is 0 Å². The molecule has 13 heteroatoms. The molecule has 2 aromatic rings. The third kappa shape index (κ3) is 8.62. The number of guanidine groups is 1. The van der Waals surface area contributed by atoms with E-state index in [1.165, 1.54) is 18.2 Å². The fourth-order valence-corrected chi connectivity index (χ4v) is 3.48. The smallest absolute Gasteiger partial charge is 0.270 e. The topological polar surface area (TPSA) is 144 Å². The highest BCUT2D eigenvalue weighted by Crippen LogP contribution is 2.16. The first-order chi connectivity index (χ1) is 13.9. The van der Waals surface area contributed by atoms with Crippen LogP contribution in [0.25, 0.3) is 0 Å². The number of nitro benzene ring substituents is 1. The number of benzene rings is 1. The molecule has 2 rings (SSSR count). The van der Waals surface area contributed by atoms with Gasteiger partial charge < -0.3 is 10.6 Å². The Morgan fingerprint density at radius 3 is 2.73 bits per heavy atom. The van der Waals surface area contributed by atoms with Crippen LogP contribution in [0.15, 0.2) is 52.6 Å². The molecule has 3 N–H and O–H groups in total. The highest BCUT2D eigenvalue weighted by Gasteiger charge is 2.17. The summed E-state index contributed by atoms with van der Waals surface area (Å²) >= 11 is 0. The Kier molecular flexibility index (Phi) is 11.3. The van der Waals surface area contributed by atoms with Crippen LogP contribution in [0, 0.1) is 10.1 Å². The first-order valence-corrected chi connectivity index (χ1v) is 10.6. The van der Waals surface area contributed by atoms with Crippen LogP contribution in [-0.4, -0.2) is 55.3 Å². The van der Waals surface area contributed by atoms with Crippen molar-refractivity contribution in [2.45, 2.75) is 24.8 Å². The lowest BCUT2D eigenvalue weighted by Gasteiger charge is -2.12. The molecule has 11 nitrogen and oxygen atoms in total. The third-order valence-electron chi connectivity index (χ3n) is 3.77. The molecule has 0 fully saturated rings. The zero-order valence-corrected chi connectivity index (χ0v) is 19.7. The summed E-state index contributed by atoms with van der Waals surface area (Å²) in [5.74, 6) is 0.586. The highest BCUT2D eigenvalue weighted by atomic mass is 127. The van der Waals surface area contributed by atoms with Gasteiger partial charge in [0.1, 0.15) is 0 Å². The molecular formula is C17H26IN7O4S. The van der Waals surface area contributed by atoms with Crippen LogP contribution in [0.5, 0.6) is 0 Å². The standard InChI is InChI=1S/C17H25N7O4S.HI/c1-2-18-17(19-8-4-12-23-13-5-9-21-23)20-10-11-22-29(27,28)16-7-3-6-15(14-16)24(25)26;/h3,5-7,9,13-14,22H,2,4,8,10-12H2,1H3,(H2,18,19,20);1H. The first kappa shape index (κ1) is 25.8. The van der Waals surface area contributed by atoms with Gasteiger partial charge in [-0.05, 0) is 25.5 Å². The van der Waals surface area contributed by atoms with E-state index in [9.17, 15) is 18.5 Å². The van der Waals surface area contributed by atoms with E-state index in [2.05, 4.69) is 25.4 Å². The summed E-state index contributed by atoms with van der Waals surface area (Å²) in [7, 11) is -3.84. The van der Waals surface area contributed by atoms with Gasteiger partial charge in [-0.1, -0.05) is 6.07 Å². The lowest BCUT2D eigenvalue weighted by Crippen LogP contribution is -2.41. The second-order valence-corrected chi connectivity index (χ2v) is 7.73. The van der Waals surface area contributed by atoms with Crippen LogP contribution in [0.1, 0.15) is 13.3 Å². The van der Waals surface area contributed by atoms with Crippen LogP contribution in [0.2, 0.25) is 0 Å². The maximum Gasteiger partial charge on any atom is 0.270 e. The molecule has 0 saturated carbocycles. The second kappa shape index (κ2) is 13.1. The predicted octanol–water partition coefficient (Wildman–Crippen LogP) is 1.33. The van der Waals surface area contributed by atoms with E-state index in [0.717, 1.165) is 19.0 Å². The summed E-state index contributed by atoms with van der Waals surface area (Å²) in [4.78, 5) is 14.5. The molecule has 1 aromatic heterocycles. The number of nitrogens with one attached hydrogen (secondary N) is 3. The van der Waals surface area contributed by atoms with Gasteiger partial charge in [0.05, 0.1) is 9.82 Å². The maximum atomic E-state index is 12.3. The van der Waals surface area contributed by atoms with Crippen molar-refractivity contribution in [2.24, 2.45) is 4.99 Å². The summed E-state index contributed by atoms with van der Waals surface area (Å²) in [6, 6.07) is 6.79. The molecule has 0 atom stereocenters. The largest absolute Gasteiger partial charge is 0.357 e. The monoisotopic (exact) mass is 551 g/mol. The van der Waals surface area contributed by atoms with Crippen molar-refractivity contribution >= 4 is 45.6 Å². The highest BCUT2D eigenvalue weighted by molar-refractivity contribution is 14.0. The van der Waals surface area contributed by atoms with Gasteiger partial charge in [-0.2, -0.15) is 5.10 Å². The van der Waals surface area contributed by atoms with E-state index in [0.29, 0.717) is 25.6 Å². The van der Waals surface area contributed by atoms with E-state index in [4.69, 9.17) is 0 Å². The molecule has 0 aliphatic heterocycles. The Morgan fingerprint density at radius 2 is 2.07 bits per heavy atom. The quantitative estimate of drug-likeness (QED) is 0.0955.